The van der Waals surface area contributed by atoms with Crippen molar-refractivity contribution >= 4 is 5.78 Å². The molecule has 0 saturated carbocycles. The first-order valence-corrected chi connectivity index (χ1v) is 8.46. The van der Waals surface area contributed by atoms with Crippen molar-refractivity contribution in [2.24, 2.45) is 0 Å². The van der Waals surface area contributed by atoms with Crippen LogP contribution in [-0.2, 0) is 11.3 Å². The molecule has 0 aliphatic heterocycles. The average molecular weight is 354 g/mol. The highest BCUT2D eigenvalue weighted by Crippen LogP contribution is 2.25. The summed E-state index contributed by atoms with van der Waals surface area (Å²) in [6.07, 6.45) is 0.529. The van der Waals surface area contributed by atoms with Gasteiger partial charge in [-0.15, -0.1) is 0 Å². The van der Waals surface area contributed by atoms with Crippen LogP contribution in [0, 0.1) is 18.3 Å². The van der Waals surface area contributed by atoms with Crippen molar-refractivity contribution in [3.8, 4) is 11.9 Å². The summed E-state index contributed by atoms with van der Waals surface area (Å²) >= 11 is 0. The molecule has 6 nitrogen and oxygen atoms in total. The molecule has 26 heavy (non-hydrogen) atoms. The Morgan fingerprint density at radius 2 is 1.96 bits per heavy atom. The number of nitriles is 1. The number of nitrogens with zero attached hydrogens (tertiary/aromatic N) is 2. The van der Waals surface area contributed by atoms with Crippen LogP contribution in [0.5, 0.6) is 5.88 Å². The summed E-state index contributed by atoms with van der Waals surface area (Å²) in [6, 6.07) is 10.3. The van der Waals surface area contributed by atoms with E-state index in [4.69, 9.17) is 4.74 Å². The molecule has 2 rings (SSSR count). The van der Waals surface area contributed by atoms with E-state index < -0.39 is 17.2 Å². The van der Waals surface area contributed by atoms with Crippen molar-refractivity contribution in [3.63, 3.8) is 0 Å². The molecule has 0 fully saturated rings. The maximum atomic E-state index is 12.8. The van der Waals surface area contributed by atoms with Crippen molar-refractivity contribution in [3.05, 3.63) is 62.9 Å². The molecule has 0 unspecified atom stereocenters. The van der Waals surface area contributed by atoms with Crippen molar-refractivity contribution in [1.29, 1.82) is 5.26 Å². The maximum absolute atomic E-state index is 12.8. The number of hydrogen-bond donors (Lipinski definition) is 1. The predicted octanol–water partition coefficient (Wildman–Crippen LogP) is 2.78. The van der Waals surface area contributed by atoms with E-state index in [9.17, 15) is 20.0 Å². The molecule has 1 heterocycles. The highest BCUT2D eigenvalue weighted by atomic mass is 16.5. The van der Waals surface area contributed by atoms with Crippen LogP contribution in [0.2, 0.25) is 0 Å². The summed E-state index contributed by atoms with van der Waals surface area (Å²) < 4.78 is 6.52. The molecule has 0 aliphatic rings. The number of rotatable bonds is 7. The molecule has 6 heteroatoms. The zero-order valence-electron chi connectivity index (χ0n) is 15.2. The quantitative estimate of drug-likeness (QED) is 0.610. The molecular weight excluding hydrogens is 332 g/mol. The summed E-state index contributed by atoms with van der Waals surface area (Å²) in [6.45, 7) is 5.87. The number of hydrogen-bond acceptors (Lipinski definition) is 5. The van der Waals surface area contributed by atoms with Crippen molar-refractivity contribution in [2.75, 3.05) is 6.61 Å². The minimum atomic E-state index is -0.600. The second-order valence-electron chi connectivity index (χ2n) is 6.24. The fraction of sp³-hybridized carbons (Fsp3) is 0.350. The van der Waals surface area contributed by atoms with Gasteiger partial charge in [0.25, 0.3) is 5.56 Å². The summed E-state index contributed by atoms with van der Waals surface area (Å²) in [5, 5.41) is 20.0. The number of ether oxygens (including phenoxy) is 1. The number of carbonyl (C=O) groups excluding carboxylic acids is 1. The number of ketones is 1. The fourth-order valence-corrected chi connectivity index (χ4v) is 2.71. The number of aromatic hydroxyl groups is 1. The van der Waals surface area contributed by atoms with Crippen LogP contribution < -0.4 is 5.56 Å². The number of pyridine rings is 1. The number of carbonyl (C=O) groups is 1. The predicted molar refractivity (Wildman–Crippen MR) is 97.4 cm³/mol. The molecular formula is C20H22N2O4. The molecule has 0 atom stereocenters. The van der Waals surface area contributed by atoms with Gasteiger partial charge in [0.15, 0.2) is 5.78 Å². The van der Waals surface area contributed by atoms with Gasteiger partial charge in [-0.05, 0) is 32.8 Å². The third-order valence-electron chi connectivity index (χ3n) is 4.04. The van der Waals surface area contributed by atoms with Crippen LogP contribution in [0.1, 0.15) is 47.3 Å². The molecule has 0 amide bonds. The lowest BCUT2D eigenvalue weighted by Gasteiger charge is -2.16. The third-order valence-corrected chi connectivity index (χ3v) is 4.04. The zero-order chi connectivity index (χ0) is 19.3. The van der Waals surface area contributed by atoms with Crippen molar-refractivity contribution in [1.82, 2.24) is 4.57 Å². The highest BCUT2D eigenvalue weighted by Gasteiger charge is 2.24. The average Bonchev–Trinajstić information content (AvgIpc) is 2.61. The van der Waals surface area contributed by atoms with E-state index in [0.29, 0.717) is 18.6 Å². The minimum Gasteiger partial charge on any atom is -0.494 e. The first-order valence-electron chi connectivity index (χ1n) is 8.46. The van der Waals surface area contributed by atoms with E-state index in [-0.39, 0.29) is 29.3 Å². The van der Waals surface area contributed by atoms with E-state index in [1.165, 1.54) is 6.92 Å². The Labute approximate surface area is 152 Å². The molecule has 1 aromatic carbocycles. The van der Waals surface area contributed by atoms with Crippen LogP contribution in [0.15, 0.2) is 35.1 Å². The van der Waals surface area contributed by atoms with Gasteiger partial charge in [0.05, 0.1) is 11.7 Å². The van der Waals surface area contributed by atoms with Gasteiger partial charge >= 0.3 is 0 Å². The first-order chi connectivity index (χ1) is 12.4. The Kier molecular flexibility index (Phi) is 6.31. The SMILES string of the molecule is Cc1c(C(=O)c2ccccc2)c(O)n(CCCOC(C)C)c(=O)c1C#N. The molecule has 0 saturated heterocycles. The standard InChI is InChI=1S/C20H22N2O4/c1-13(2)26-11-7-10-22-19(24)16(12-21)14(3)17(20(22)25)18(23)15-8-5-4-6-9-15/h4-6,8-9,13,25H,7,10-11H2,1-3H3. The van der Waals surface area contributed by atoms with Gasteiger partial charge in [0.1, 0.15) is 11.6 Å². The third kappa shape index (κ3) is 4.01. The van der Waals surface area contributed by atoms with E-state index >= 15 is 0 Å². The monoisotopic (exact) mass is 354 g/mol. The summed E-state index contributed by atoms with van der Waals surface area (Å²) in [5.41, 5.74) is -0.178. The maximum Gasteiger partial charge on any atom is 0.271 e. The van der Waals surface area contributed by atoms with Gasteiger partial charge < -0.3 is 9.84 Å². The molecule has 0 aliphatic carbocycles. The largest absolute Gasteiger partial charge is 0.494 e. The molecule has 1 aromatic heterocycles. The lowest BCUT2D eigenvalue weighted by molar-refractivity contribution is 0.0743. The molecule has 0 spiro atoms. The van der Waals surface area contributed by atoms with Gasteiger partial charge in [-0.1, -0.05) is 30.3 Å². The summed E-state index contributed by atoms with van der Waals surface area (Å²) in [7, 11) is 0. The fourth-order valence-electron chi connectivity index (χ4n) is 2.71. The Morgan fingerprint density at radius 3 is 2.54 bits per heavy atom. The Morgan fingerprint density at radius 1 is 1.31 bits per heavy atom. The minimum absolute atomic E-state index is 0.0165. The van der Waals surface area contributed by atoms with Crippen LogP contribution >= 0.6 is 0 Å². The summed E-state index contributed by atoms with van der Waals surface area (Å²) in [5.74, 6) is -0.839. The van der Waals surface area contributed by atoms with Gasteiger partial charge in [-0.25, -0.2) is 0 Å². The van der Waals surface area contributed by atoms with Gasteiger partial charge in [-0.2, -0.15) is 5.26 Å². The molecule has 2 aromatic rings. The summed E-state index contributed by atoms with van der Waals surface area (Å²) in [4.78, 5) is 25.3. The molecule has 136 valence electrons. The zero-order valence-corrected chi connectivity index (χ0v) is 15.2. The second-order valence-corrected chi connectivity index (χ2v) is 6.24. The number of aromatic nitrogens is 1. The van der Waals surface area contributed by atoms with Crippen LogP contribution in [-0.4, -0.2) is 28.2 Å². The van der Waals surface area contributed by atoms with E-state index in [2.05, 4.69) is 0 Å². The van der Waals surface area contributed by atoms with Gasteiger partial charge in [0, 0.05) is 18.7 Å². The normalized spacial score (nSPS) is 10.7. The molecule has 1 N–H and O–H groups in total. The van der Waals surface area contributed by atoms with Crippen molar-refractivity contribution < 1.29 is 14.6 Å². The lowest BCUT2D eigenvalue weighted by Crippen LogP contribution is -2.27. The van der Waals surface area contributed by atoms with Crippen LogP contribution in [0.3, 0.4) is 0 Å². The number of benzene rings is 1. The smallest absolute Gasteiger partial charge is 0.271 e. The Bertz CT molecular complexity index is 893. The van der Waals surface area contributed by atoms with E-state index in [1.54, 1.807) is 30.3 Å². The van der Waals surface area contributed by atoms with E-state index in [0.717, 1.165) is 4.57 Å². The van der Waals surface area contributed by atoms with E-state index in [1.807, 2.05) is 19.9 Å². The van der Waals surface area contributed by atoms with Crippen LogP contribution in [0.25, 0.3) is 0 Å². The van der Waals surface area contributed by atoms with Gasteiger partial charge in [0.2, 0.25) is 5.88 Å². The highest BCUT2D eigenvalue weighted by molar-refractivity contribution is 6.11. The Hall–Kier alpha value is -2.91. The topological polar surface area (TPSA) is 92.3 Å². The first kappa shape index (κ1) is 19.4. The van der Waals surface area contributed by atoms with Crippen LogP contribution in [0.4, 0.5) is 0 Å². The van der Waals surface area contributed by atoms with Crippen molar-refractivity contribution in [2.45, 2.75) is 39.8 Å². The molecule has 0 radical (unpaired) electrons. The lowest BCUT2D eigenvalue weighted by atomic mass is 9.97. The molecule has 0 bridgehead atoms. The van der Waals surface area contributed by atoms with Gasteiger partial charge in [-0.3, -0.25) is 14.2 Å². The Balaban J connectivity index is 2.49. The second kappa shape index (κ2) is 8.45.